The summed E-state index contributed by atoms with van der Waals surface area (Å²) in [7, 11) is -3.93. The maximum absolute atomic E-state index is 13.1. The van der Waals surface area contributed by atoms with Crippen molar-refractivity contribution in [3.05, 3.63) is 46.9 Å². The Kier molecular flexibility index (Phi) is 3.79. The number of rotatable bonds is 4. The molecule has 0 atom stereocenters. The van der Waals surface area contributed by atoms with E-state index in [0.717, 1.165) is 12.1 Å². The second kappa shape index (κ2) is 5.20. The van der Waals surface area contributed by atoms with Gasteiger partial charge in [0.1, 0.15) is 11.6 Å². The van der Waals surface area contributed by atoms with Gasteiger partial charge in [0.05, 0.1) is 12.2 Å². The molecule has 0 spiro atoms. The molecular weight excluding hydrogens is 295 g/mol. The van der Waals surface area contributed by atoms with E-state index in [4.69, 9.17) is 21.8 Å². The molecule has 0 unspecified atom stereocenters. The van der Waals surface area contributed by atoms with Gasteiger partial charge in [0.25, 0.3) is 10.0 Å². The molecule has 0 radical (unpaired) electrons. The van der Waals surface area contributed by atoms with E-state index < -0.39 is 15.8 Å². The van der Waals surface area contributed by atoms with Crippen LogP contribution in [-0.4, -0.2) is 8.42 Å². The smallest absolute Gasteiger partial charge is 0.295 e. The van der Waals surface area contributed by atoms with Crippen molar-refractivity contribution < 1.29 is 17.2 Å². The zero-order valence-electron chi connectivity index (χ0n) is 9.56. The molecule has 2 rings (SSSR count). The molecule has 0 amide bonds. The summed E-state index contributed by atoms with van der Waals surface area (Å²) in [5, 5.41) is -0.215. The number of nitrogens with one attached hydrogen (secondary N) is 1. The first-order valence-corrected chi connectivity index (χ1v) is 7.04. The van der Waals surface area contributed by atoms with E-state index in [0.29, 0.717) is 5.76 Å². The molecule has 0 aliphatic heterocycles. The van der Waals surface area contributed by atoms with Crippen LogP contribution in [0.2, 0.25) is 5.02 Å². The summed E-state index contributed by atoms with van der Waals surface area (Å²) in [6, 6.07) is 6.09. The van der Waals surface area contributed by atoms with E-state index in [1.807, 2.05) is 0 Å². The number of hydrogen-bond acceptors (Lipinski definition) is 4. The predicted molar refractivity (Wildman–Crippen MR) is 68.8 cm³/mol. The summed E-state index contributed by atoms with van der Waals surface area (Å²) in [4.78, 5) is 0. The first kappa shape index (κ1) is 13.9. The van der Waals surface area contributed by atoms with Gasteiger partial charge in [0.2, 0.25) is 5.09 Å². The molecule has 0 saturated heterocycles. The summed E-state index contributed by atoms with van der Waals surface area (Å²) in [5.74, 6) is -0.315. The molecule has 5 nitrogen and oxygen atoms in total. The zero-order chi connectivity index (χ0) is 14.0. The quantitative estimate of drug-likeness (QED) is 0.908. The minimum Gasteiger partial charge on any atom is -0.446 e. The van der Waals surface area contributed by atoms with E-state index >= 15 is 0 Å². The highest BCUT2D eigenvalue weighted by molar-refractivity contribution is 7.92. The van der Waals surface area contributed by atoms with E-state index in [2.05, 4.69) is 4.72 Å². The fourth-order valence-corrected chi connectivity index (χ4v) is 2.65. The molecule has 1 heterocycles. The van der Waals surface area contributed by atoms with Crippen molar-refractivity contribution >= 4 is 27.3 Å². The number of halogens is 2. The van der Waals surface area contributed by atoms with Crippen LogP contribution in [0.5, 0.6) is 0 Å². The lowest BCUT2D eigenvalue weighted by Crippen LogP contribution is -2.12. The van der Waals surface area contributed by atoms with Crippen molar-refractivity contribution in [2.45, 2.75) is 11.6 Å². The lowest BCUT2D eigenvalue weighted by molar-refractivity contribution is 0.417. The van der Waals surface area contributed by atoms with Gasteiger partial charge in [-0.15, -0.1) is 0 Å². The van der Waals surface area contributed by atoms with Crippen LogP contribution < -0.4 is 10.5 Å². The molecule has 0 aliphatic rings. The fraction of sp³-hybridized carbons (Fsp3) is 0.0909. The van der Waals surface area contributed by atoms with Crippen LogP contribution in [0.1, 0.15) is 5.76 Å². The average molecular weight is 305 g/mol. The Hall–Kier alpha value is -1.57. The summed E-state index contributed by atoms with van der Waals surface area (Å²) in [5.41, 5.74) is 5.33. The van der Waals surface area contributed by atoms with E-state index in [-0.39, 0.29) is 22.3 Å². The van der Waals surface area contributed by atoms with Gasteiger partial charge in [0.15, 0.2) is 0 Å². The highest BCUT2D eigenvalue weighted by atomic mass is 35.5. The van der Waals surface area contributed by atoms with Gasteiger partial charge in [-0.05, 0) is 30.3 Å². The lowest BCUT2D eigenvalue weighted by Gasteiger charge is -2.06. The summed E-state index contributed by atoms with van der Waals surface area (Å²) in [6.45, 7) is 0.0846. The zero-order valence-corrected chi connectivity index (χ0v) is 11.1. The van der Waals surface area contributed by atoms with Crippen LogP contribution in [-0.2, 0) is 16.6 Å². The van der Waals surface area contributed by atoms with Crippen molar-refractivity contribution in [3.8, 4) is 0 Å². The minimum absolute atomic E-state index is 0.00991. The summed E-state index contributed by atoms with van der Waals surface area (Å²) < 4.78 is 44.2. The van der Waals surface area contributed by atoms with Crippen molar-refractivity contribution in [1.82, 2.24) is 0 Å². The van der Waals surface area contributed by atoms with Crippen LogP contribution in [0, 0.1) is 5.82 Å². The number of anilines is 1. The van der Waals surface area contributed by atoms with Crippen molar-refractivity contribution in [1.29, 1.82) is 0 Å². The number of nitrogens with two attached hydrogens (primary N) is 1. The molecule has 0 fully saturated rings. The molecule has 1 aromatic carbocycles. The number of sulfonamides is 1. The Bertz CT molecular complexity index is 679. The van der Waals surface area contributed by atoms with Crippen LogP contribution in [0.3, 0.4) is 0 Å². The molecule has 8 heteroatoms. The van der Waals surface area contributed by atoms with Gasteiger partial charge in [-0.25, -0.2) is 4.39 Å². The third kappa shape index (κ3) is 3.25. The van der Waals surface area contributed by atoms with Gasteiger partial charge in [0, 0.05) is 5.02 Å². The average Bonchev–Trinajstić information content (AvgIpc) is 2.75. The topological polar surface area (TPSA) is 85.3 Å². The number of benzene rings is 1. The van der Waals surface area contributed by atoms with Gasteiger partial charge in [-0.3, -0.25) is 4.72 Å². The molecular formula is C11H10ClFN2O3S. The largest absolute Gasteiger partial charge is 0.446 e. The monoisotopic (exact) mass is 304 g/mol. The predicted octanol–water partition coefficient (Wildman–Crippen LogP) is 2.33. The second-order valence-electron chi connectivity index (χ2n) is 3.69. The Labute approximate surface area is 114 Å². The van der Waals surface area contributed by atoms with Gasteiger partial charge in [-0.1, -0.05) is 11.6 Å². The molecule has 2 aromatic rings. The van der Waals surface area contributed by atoms with Crippen molar-refractivity contribution in [2.75, 3.05) is 4.72 Å². The molecule has 0 aliphatic carbocycles. The Morgan fingerprint density at radius 3 is 2.63 bits per heavy atom. The first-order chi connectivity index (χ1) is 8.90. The third-order valence-corrected chi connectivity index (χ3v) is 3.69. The van der Waals surface area contributed by atoms with Crippen molar-refractivity contribution in [2.24, 2.45) is 5.73 Å². The summed E-state index contributed by atoms with van der Waals surface area (Å²) in [6.07, 6.45) is 0. The Balaban J connectivity index is 2.30. The van der Waals surface area contributed by atoms with Gasteiger partial charge >= 0.3 is 0 Å². The fourth-order valence-electron chi connectivity index (χ4n) is 1.43. The van der Waals surface area contributed by atoms with Crippen molar-refractivity contribution in [3.63, 3.8) is 0 Å². The van der Waals surface area contributed by atoms with Gasteiger partial charge < -0.3 is 10.2 Å². The highest BCUT2D eigenvalue weighted by Crippen LogP contribution is 2.22. The van der Waals surface area contributed by atoms with E-state index in [9.17, 15) is 12.8 Å². The Morgan fingerprint density at radius 1 is 1.32 bits per heavy atom. The molecule has 1 aromatic heterocycles. The molecule has 3 N–H and O–H groups in total. The maximum atomic E-state index is 13.1. The number of hydrogen-bond donors (Lipinski definition) is 2. The SMILES string of the molecule is NCc1ccc(S(=O)(=O)Nc2cc(F)cc(Cl)c2)o1. The van der Waals surface area contributed by atoms with Crippen LogP contribution in [0.4, 0.5) is 10.1 Å². The number of furan rings is 1. The normalized spacial score (nSPS) is 11.5. The Morgan fingerprint density at radius 2 is 2.05 bits per heavy atom. The highest BCUT2D eigenvalue weighted by Gasteiger charge is 2.19. The molecule has 0 bridgehead atoms. The van der Waals surface area contributed by atoms with E-state index in [1.165, 1.54) is 18.2 Å². The third-order valence-electron chi connectivity index (χ3n) is 2.22. The molecule has 0 saturated carbocycles. The first-order valence-electron chi connectivity index (χ1n) is 5.18. The molecule has 19 heavy (non-hydrogen) atoms. The lowest BCUT2D eigenvalue weighted by atomic mass is 10.3. The maximum Gasteiger partial charge on any atom is 0.295 e. The standard InChI is InChI=1S/C11H10ClFN2O3S/c12-7-3-8(13)5-9(4-7)15-19(16,17)11-2-1-10(6-14)18-11/h1-5,15H,6,14H2. The van der Waals surface area contributed by atoms with E-state index in [1.54, 1.807) is 0 Å². The molecule has 102 valence electrons. The second-order valence-corrected chi connectivity index (χ2v) is 5.74. The van der Waals surface area contributed by atoms with Gasteiger partial charge in [-0.2, -0.15) is 8.42 Å². The van der Waals surface area contributed by atoms with Crippen LogP contribution >= 0.6 is 11.6 Å². The summed E-state index contributed by atoms with van der Waals surface area (Å²) >= 11 is 5.64. The van der Waals surface area contributed by atoms with Crippen LogP contribution in [0.25, 0.3) is 0 Å². The minimum atomic E-state index is -3.93. The van der Waals surface area contributed by atoms with Crippen LogP contribution in [0.15, 0.2) is 39.8 Å².